The van der Waals surface area contributed by atoms with Crippen molar-refractivity contribution in [2.45, 2.75) is 25.6 Å². The van der Waals surface area contributed by atoms with Crippen molar-refractivity contribution >= 4 is 11.6 Å². The molecule has 0 aliphatic heterocycles. The summed E-state index contributed by atoms with van der Waals surface area (Å²) in [7, 11) is 0. The molecule has 0 saturated carbocycles. The Labute approximate surface area is 93.8 Å². The summed E-state index contributed by atoms with van der Waals surface area (Å²) in [5, 5.41) is 2.18. The fourth-order valence-corrected chi connectivity index (χ4v) is 1.21. The van der Waals surface area contributed by atoms with Crippen molar-refractivity contribution in [3.63, 3.8) is 0 Å². The maximum absolute atomic E-state index is 13.1. The van der Waals surface area contributed by atoms with Gasteiger partial charge in [-0.1, -0.05) is 0 Å². The zero-order valence-electron chi connectivity index (χ0n) is 8.78. The van der Waals surface area contributed by atoms with E-state index in [1.807, 2.05) is 0 Å². The van der Waals surface area contributed by atoms with Gasteiger partial charge in [-0.2, -0.15) is 13.2 Å². The van der Waals surface area contributed by atoms with Gasteiger partial charge in [0.15, 0.2) is 23.3 Å². The van der Waals surface area contributed by atoms with Gasteiger partial charge in [0.1, 0.15) is 0 Å². The van der Waals surface area contributed by atoms with Crippen molar-refractivity contribution in [1.82, 2.24) is 4.98 Å². The van der Waals surface area contributed by atoms with Gasteiger partial charge < -0.3 is 11.1 Å². The molecule has 1 aromatic heterocycles. The van der Waals surface area contributed by atoms with Crippen LogP contribution in [-0.4, -0.2) is 17.2 Å². The number of aromatic nitrogens is 1. The third-order valence-electron chi connectivity index (χ3n) is 1.88. The van der Waals surface area contributed by atoms with Crippen molar-refractivity contribution in [2.24, 2.45) is 0 Å². The Bertz CT molecular complexity index is 404. The second-order valence-corrected chi connectivity index (χ2v) is 3.55. The van der Waals surface area contributed by atoms with E-state index in [1.165, 1.54) is 6.92 Å². The number of hydrogen-bond donors (Lipinski definition) is 2. The topological polar surface area (TPSA) is 50.9 Å². The van der Waals surface area contributed by atoms with E-state index in [0.717, 1.165) is 0 Å². The van der Waals surface area contributed by atoms with Gasteiger partial charge in [0.2, 0.25) is 0 Å². The number of nitrogens with two attached hydrogens (primary N) is 1. The van der Waals surface area contributed by atoms with E-state index in [-0.39, 0.29) is 0 Å². The highest BCUT2D eigenvalue weighted by molar-refractivity contribution is 5.45. The van der Waals surface area contributed by atoms with Gasteiger partial charge in [-0.3, -0.25) is 0 Å². The fourth-order valence-electron chi connectivity index (χ4n) is 1.21. The third-order valence-corrected chi connectivity index (χ3v) is 1.88. The molecule has 0 bridgehead atoms. The van der Waals surface area contributed by atoms with Gasteiger partial charge in [-0.05, 0) is 6.92 Å². The SMILES string of the molecule is CC(CC(F)(F)F)Nc1nc(N)c(F)cc1F. The Kier molecular flexibility index (Phi) is 3.74. The van der Waals surface area contributed by atoms with E-state index in [0.29, 0.717) is 6.07 Å². The lowest BCUT2D eigenvalue weighted by molar-refractivity contribution is -0.136. The quantitative estimate of drug-likeness (QED) is 0.816. The van der Waals surface area contributed by atoms with E-state index in [1.54, 1.807) is 0 Å². The average molecular weight is 255 g/mol. The molecule has 0 aromatic carbocycles. The average Bonchev–Trinajstić information content (AvgIpc) is 2.11. The van der Waals surface area contributed by atoms with E-state index in [2.05, 4.69) is 10.3 Å². The lowest BCUT2D eigenvalue weighted by Crippen LogP contribution is -2.25. The van der Waals surface area contributed by atoms with Crippen LogP contribution >= 0.6 is 0 Å². The van der Waals surface area contributed by atoms with Crippen molar-refractivity contribution in [2.75, 3.05) is 11.1 Å². The van der Waals surface area contributed by atoms with Crippen LogP contribution < -0.4 is 11.1 Å². The number of anilines is 2. The van der Waals surface area contributed by atoms with Crippen molar-refractivity contribution in [1.29, 1.82) is 0 Å². The van der Waals surface area contributed by atoms with Crippen LogP contribution in [0.25, 0.3) is 0 Å². The van der Waals surface area contributed by atoms with Crippen LogP contribution in [0.1, 0.15) is 13.3 Å². The summed E-state index contributed by atoms with van der Waals surface area (Å²) in [6.45, 7) is 1.20. The molecule has 0 aliphatic carbocycles. The third kappa shape index (κ3) is 4.04. The molecular formula is C9H10F5N3. The van der Waals surface area contributed by atoms with Crippen LogP contribution in [0.4, 0.5) is 33.6 Å². The molecule has 8 heteroatoms. The molecule has 1 atom stereocenters. The molecule has 1 heterocycles. The number of halogens is 5. The second kappa shape index (κ2) is 4.72. The van der Waals surface area contributed by atoms with Crippen LogP contribution in [-0.2, 0) is 0 Å². The normalized spacial score (nSPS) is 13.5. The van der Waals surface area contributed by atoms with E-state index in [4.69, 9.17) is 5.73 Å². The number of pyridine rings is 1. The largest absolute Gasteiger partial charge is 0.391 e. The maximum atomic E-state index is 13.1. The molecule has 0 radical (unpaired) electrons. The molecule has 0 saturated heterocycles. The zero-order valence-corrected chi connectivity index (χ0v) is 8.78. The number of alkyl halides is 3. The zero-order chi connectivity index (χ0) is 13.2. The van der Waals surface area contributed by atoms with Gasteiger partial charge in [0.05, 0.1) is 6.42 Å². The lowest BCUT2D eigenvalue weighted by atomic mass is 10.2. The molecule has 0 aliphatic rings. The first-order valence-corrected chi connectivity index (χ1v) is 4.64. The molecule has 96 valence electrons. The Balaban J connectivity index is 2.78. The summed E-state index contributed by atoms with van der Waals surface area (Å²) >= 11 is 0. The smallest absolute Gasteiger partial charge is 0.381 e. The second-order valence-electron chi connectivity index (χ2n) is 3.55. The highest BCUT2D eigenvalue weighted by Crippen LogP contribution is 2.24. The molecule has 3 nitrogen and oxygen atoms in total. The minimum absolute atomic E-state index is 0.463. The minimum atomic E-state index is -4.38. The van der Waals surface area contributed by atoms with Crippen molar-refractivity contribution in [3.05, 3.63) is 17.7 Å². The molecule has 0 fully saturated rings. The Morgan fingerprint density at radius 2 is 1.94 bits per heavy atom. The molecule has 0 amide bonds. The lowest BCUT2D eigenvalue weighted by Gasteiger charge is -2.16. The first-order chi connectivity index (χ1) is 7.69. The Morgan fingerprint density at radius 3 is 2.47 bits per heavy atom. The molecule has 1 rings (SSSR count). The van der Waals surface area contributed by atoms with Crippen LogP contribution in [0.3, 0.4) is 0 Å². The van der Waals surface area contributed by atoms with Crippen LogP contribution in [0, 0.1) is 11.6 Å². The van der Waals surface area contributed by atoms with Crippen molar-refractivity contribution < 1.29 is 22.0 Å². The first kappa shape index (κ1) is 13.5. The van der Waals surface area contributed by atoms with Gasteiger partial charge in [0.25, 0.3) is 0 Å². The summed E-state index contributed by atoms with van der Waals surface area (Å²) in [6.07, 6.45) is -5.54. The summed E-state index contributed by atoms with van der Waals surface area (Å²) in [5.41, 5.74) is 5.08. The highest BCUT2D eigenvalue weighted by atomic mass is 19.4. The summed E-state index contributed by atoms with van der Waals surface area (Å²) < 4.78 is 61.9. The monoisotopic (exact) mass is 255 g/mol. The summed E-state index contributed by atoms with van der Waals surface area (Å²) in [4.78, 5) is 3.29. The predicted octanol–water partition coefficient (Wildman–Crippen LogP) is 2.69. The number of nitrogen functional groups attached to an aromatic ring is 1. The standard InChI is InChI=1S/C9H10F5N3/c1-4(3-9(12,13)14)16-8-6(11)2-5(10)7(15)17-8/h2,4H,3H2,1H3,(H3,15,16,17). The number of rotatable bonds is 3. The molecule has 17 heavy (non-hydrogen) atoms. The van der Waals surface area contributed by atoms with Crippen LogP contribution in [0.15, 0.2) is 6.07 Å². The Morgan fingerprint density at radius 1 is 1.35 bits per heavy atom. The molecule has 3 N–H and O–H groups in total. The number of hydrogen-bond acceptors (Lipinski definition) is 3. The fraction of sp³-hybridized carbons (Fsp3) is 0.444. The van der Waals surface area contributed by atoms with Gasteiger partial charge in [0, 0.05) is 12.1 Å². The Hall–Kier alpha value is -1.60. The van der Waals surface area contributed by atoms with Gasteiger partial charge in [-0.25, -0.2) is 13.8 Å². The van der Waals surface area contributed by atoms with Crippen LogP contribution in [0.5, 0.6) is 0 Å². The highest BCUT2D eigenvalue weighted by Gasteiger charge is 2.30. The minimum Gasteiger partial charge on any atom is -0.381 e. The summed E-state index contributed by atoms with van der Waals surface area (Å²) in [5.74, 6) is -3.23. The van der Waals surface area contributed by atoms with Crippen LogP contribution in [0.2, 0.25) is 0 Å². The molecule has 1 aromatic rings. The molecule has 0 spiro atoms. The predicted molar refractivity (Wildman–Crippen MR) is 52.3 cm³/mol. The van der Waals surface area contributed by atoms with Crippen molar-refractivity contribution in [3.8, 4) is 0 Å². The summed E-state index contributed by atoms with van der Waals surface area (Å²) in [6, 6.07) is -0.632. The van der Waals surface area contributed by atoms with E-state index < -0.39 is 41.9 Å². The molecule has 1 unspecified atom stereocenters. The maximum Gasteiger partial charge on any atom is 0.391 e. The first-order valence-electron chi connectivity index (χ1n) is 4.64. The van der Waals surface area contributed by atoms with E-state index in [9.17, 15) is 22.0 Å². The number of nitrogens with zero attached hydrogens (tertiary/aromatic N) is 1. The molecular weight excluding hydrogens is 245 g/mol. The number of nitrogens with one attached hydrogen (secondary N) is 1. The van der Waals surface area contributed by atoms with Gasteiger partial charge in [-0.15, -0.1) is 0 Å². The van der Waals surface area contributed by atoms with E-state index >= 15 is 0 Å². The van der Waals surface area contributed by atoms with Gasteiger partial charge >= 0.3 is 6.18 Å².